The SMILES string of the molecule is Cc1nc(C(=O)N2CCC(C3CCCC3)CC2)nc(N2CC[C@@H](N)C2)c1C. The van der Waals surface area contributed by atoms with Gasteiger partial charge < -0.3 is 15.5 Å². The fourth-order valence-corrected chi connectivity index (χ4v) is 5.14. The monoisotopic (exact) mass is 371 g/mol. The van der Waals surface area contributed by atoms with Crippen LogP contribution < -0.4 is 10.6 Å². The maximum atomic E-state index is 13.1. The molecule has 1 aromatic heterocycles. The number of aryl methyl sites for hydroxylation is 1. The molecule has 1 atom stereocenters. The second kappa shape index (κ2) is 7.74. The lowest BCUT2D eigenvalue weighted by atomic mass is 9.83. The van der Waals surface area contributed by atoms with E-state index in [2.05, 4.69) is 14.9 Å². The Kier molecular flexibility index (Phi) is 5.35. The lowest BCUT2D eigenvalue weighted by Gasteiger charge is -2.34. The molecule has 0 bridgehead atoms. The number of nitrogens with zero attached hydrogens (tertiary/aromatic N) is 4. The van der Waals surface area contributed by atoms with E-state index in [1.165, 1.54) is 25.7 Å². The second-order valence-electron chi connectivity index (χ2n) is 8.75. The third-order valence-electron chi connectivity index (χ3n) is 6.97. The first-order valence-corrected chi connectivity index (χ1v) is 10.7. The summed E-state index contributed by atoms with van der Waals surface area (Å²) in [6.07, 6.45) is 8.80. The molecule has 0 aromatic carbocycles. The van der Waals surface area contributed by atoms with Crippen LogP contribution in [0.15, 0.2) is 0 Å². The third-order valence-corrected chi connectivity index (χ3v) is 6.97. The summed E-state index contributed by atoms with van der Waals surface area (Å²) in [5.74, 6) is 2.94. The molecule has 148 valence electrons. The Morgan fingerprint density at radius 3 is 2.26 bits per heavy atom. The lowest BCUT2D eigenvalue weighted by molar-refractivity contribution is 0.0646. The molecule has 1 aromatic rings. The summed E-state index contributed by atoms with van der Waals surface area (Å²) in [7, 11) is 0. The van der Waals surface area contributed by atoms with Crippen molar-refractivity contribution in [2.45, 2.75) is 64.8 Å². The van der Waals surface area contributed by atoms with Gasteiger partial charge in [0.25, 0.3) is 5.91 Å². The zero-order valence-corrected chi connectivity index (χ0v) is 16.8. The van der Waals surface area contributed by atoms with Crippen molar-refractivity contribution in [2.24, 2.45) is 17.6 Å². The van der Waals surface area contributed by atoms with Crippen molar-refractivity contribution in [1.82, 2.24) is 14.9 Å². The van der Waals surface area contributed by atoms with Crippen molar-refractivity contribution in [3.8, 4) is 0 Å². The minimum Gasteiger partial charge on any atom is -0.355 e. The summed E-state index contributed by atoms with van der Waals surface area (Å²) in [5, 5.41) is 0. The van der Waals surface area contributed by atoms with E-state index in [4.69, 9.17) is 5.73 Å². The molecule has 0 radical (unpaired) electrons. The maximum absolute atomic E-state index is 13.1. The highest BCUT2D eigenvalue weighted by atomic mass is 16.2. The van der Waals surface area contributed by atoms with Crippen LogP contribution in [-0.4, -0.2) is 53.0 Å². The van der Waals surface area contributed by atoms with Crippen LogP contribution in [0.5, 0.6) is 0 Å². The molecule has 2 N–H and O–H groups in total. The Hall–Kier alpha value is -1.69. The second-order valence-corrected chi connectivity index (χ2v) is 8.75. The van der Waals surface area contributed by atoms with E-state index in [1.54, 1.807) is 0 Å². The van der Waals surface area contributed by atoms with Gasteiger partial charge in [-0.25, -0.2) is 9.97 Å². The molecule has 1 amide bonds. The van der Waals surface area contributed by atoms with E-state index >= 15 is 0 Å². The summed E-state index contributed by atoms with van der Waals surface area (Å²) in [6, 6.07) is 0.188. The van der Waals surface area contributed by atoms with Gasteiger partial charge in [-0.15, -0.1) is 0 Å². The molecule has 27 heavy (non-hydrogen) atoms. The minimum absolute atomic E-state index is 0.00674. The number of aromatic nitrogens is 2. The van der Waals surface area contributed by atoms with Crippen LogP contribution in [0.4, 0.5) is 5.82 Å². The number of anilines is 1. The quantitative estimate of drug-likeness (QED) is 0.884. The van der Waals surface area contributed by atoms with Gasteiger partial charge in [-0.1, -0.05) is 25.7 Å². The highest BCUT2D eigenvalue weighted by Gasteiger charge is 2.32. The fraction of sp³-hybridized carbons (Fsp3) is 0.762. The molecule has 4 rings (SSSR count). The Morgan fingerprint density at radius 1 is 0.963 bits per heavy atom. The first-order chi connectivity index (χ1) is 13.0. The van der Waals surface area contributed by atoms with Gasteiger partial charge in [0.15, 0.2) is 0 Å². The highest BCUT2D eigenvalue weighted by Crippen LogP contribution is 2.37. The van der Waals surface area contributed by atoms with Gasteiger partial charge in [0.2, 0.25) is 5.82 Å². The molecule has 3 aliphatic rings. The highest BCUT2D eigenvalue weighted by molar-refractivity contribution is 5.91. The molecule has 2 aliphatic heterocycles. The minimum atomic E-state index is -0.00674. The summed E-state index contributed by atoms with van der Waals surface area (Å²) in [4.78, 5) is 26.5. The van der Waals surface area contributed by atoms with E-state index in [1.807, 2.05) is 18.7 Å². The number of nitrogens with two attached hydrogens (primary N) is 1. The van der Waals surface area contributed by atoms with Crippen molar-refractivity contribution in [1.29, 1.82) is 0 Å². The van der Waals surface area contributed by atoms with Crippen LogP contribution in [0.2, 0.25) is 0 Å². The Balaban J connectivity index is 1.46. The molecular formula is C21H33N5O. The number of hydrogen-bond donors (Lipinski definition) is 1. The van der Waals surface area contributed by atoms with Crippen LogP contribution in [0.1, 0.15) is 66.8 Å². The van der Waals surface area contributed by atoms with Crippen molar-refractivity contribution < 1.29 is 4.79 Å². The number of likely N-dealkylation sites (tertiary alicyclic amines) is 1. The van der Waals surface area contributed by atoms with Crippen molar-refractivity contribution in [3.05, 3.63) is 17.1 Å². The summed E-state index contributed by atoms with van der Waals surface area (Å²) in [5.41, 5.74) is 8.02. The molecule has 6 nitrogen and oxygen atoms in total. The molecule has 6 heteroatoms. The largest absolute Gasteiger partial charge is 0.355 e. The number of amides is 1. The Labute approximate surface area is 162 Å². The number of rotatable bonds is 3. The first-order valence-electron chi connectivity index (χ1n) is 10.7. The molecule has 2 saturated heterocycles. The Morgan fingerprint density at radius 2 is 1.63 bits per heavy atom. The van der Waals surface area contributed by atoms with Gasteiger partial charge in [0.1, 0.15) is 5.82 Å². The van der Waals surface area contributed by atoms with Crippen LogP contribution in [0.3, 0.4) is 0 Å². The average Bonchev–Trinajstić information content (AvgIpc) is 3.35. The van der Waals surface area contributed by atoms with Crippen LogP contribution in [0.25, 0.3) is 0 Å². The van der Waals surface area contributed by atoms with Gasteiger partial charge in [-0.3, -0.25) is 4.79 Å². The van der Waals surface area contributed by atoms with E-state index in [9.17, 15) is 4.79 Å². The zero-order chi connectivity index (χ0) is 19.0. The van der Waals surface area contributed by atoms with Gasteiger partial charge >= 0.3 is 0 Å². The van der Waals surface area contributed by atoms with Crippen molar-refractivity contribution in [3.63, 3.8) is 0 Å². The average molecular weight is 372 g/mol. The summed E-state index contributed by atoms with van der Waals surface area (Å²) < 4.78 is 0. The molecule has 0 spiro atoms. The fourth-order valence-electron chi connectivity index (χ4n) is 5.14. The van der Waals surface area contributed by atoms with Crippen LogP contribution in [-0.2, 0) is 0 Å². The number of hydrogen-bond acceptors (Lipinski definition) is 5. The number of carbonyl (C=O) groups is 1. The molecule has 3 heterocycles. The molecule has 1 saturated carbocycles. The van der Waals surface area contributed by atoms with Gasteiger partial charge in [0.05, 0.1) is 0 Å². The standard InChI is InChI=1S/C21H33N5O/c1-14-15(2)23-19(24-20(14)26-12-9-18(22)13-26)21(27)25-10-7-17(8-11-25)16-5-3-4-6-16/h16-18H,3-13,22H2,1-2H3/t18-/m1/s1. The third kappa shape index (κ3) is 3.82. The smallest absolute Gasteiger partial charge is 0.291 e. The van der Waals surface area contributed by atoms with E-state index in [0.29, 0.717) is 5.82 Å². The normalized spacial score (nSPS) is 24.8. The van der Waals surface area contributed by atoms with Gasteiger partial charge in [0, 0.05) is 43.5 Å². The molecule has 3 fully saturated rings. The lowest BCUT2D eigenvalue weighted by Crippen LogP contribution is -2.41. The number of piperidine rings is 1. The van der Waals surface area contributed by atoms with E-state index in [0.717, 1.165) is 74.4 Å². The molecule has 1 aliphatic carbocycles. The maximum Gasteiger partial charge on any atom is 0.291 e. The predicted octanol–water partition coefficient (Wildman–Crippen LogP) is 2.67. The van der Waals surface area contributed by atoms with Crippen LogP contribution in [0, 0.1) is 25.7 Å². The number of carbonyl (C=O) groups excluding carboxylic acids is 1. The zero-order valence-electron chi connectivity index (χ0n) is 16.8. The van der Waals surface area contributed by atoms with Crippen LogP contribution >= 0.6 is 0 Å². The topological polar surface area (TPSA) is 75.4 Å². The van der Waals surface area contributed by atoms with Gasteiger partial charge in [-0.2, -0.15) is 0 Å². The van der Waals surface area contributed by atoms with Crippen molar-refractivity contribution in [2.75, 3.05) is 31.1 Å². The van der Waals surface area contributed by atoms with Crippen molar-refractivity contribution >= 4 is 11.7 Å². The Bertz CT molecular complexity index is 692. The summed E-state index contributed by atoms with van der Waals surface area (Å²) >= 11 is 0. The predicted molar refractivity (Wildman–Crippen MR) is 107 cm³/mol. The molecular weight excluding hydrogens is 338 g/mol. The van der Waals surface area contributed by atoms with Gasteiger partial charge in [-0.05, 0) is 44.9 Å². The van der Waals surface area contributed by atoms with E-state index < -0.39 is 0 Å². The van der Waals surface area contributed by atoms with E-state index in [-0.39, 0.29) is 11.9 Å². The molecule has 0 unspecified atom stereocenters. The summed E-state index contributed by atoms with van der Waals surface area (Å²) in [6.45, 7) is 7.41. The first kappa shape index (κ1) is 18.7.